The molecule has 0 bridgehead atoms. The van der Waals surface area contributed by atoms with Crippen LogP contribution in [-0.2, 0) is 18.9 Å². The van der Waals surface area contributed by atoms with Crippen molar-refractivity contribution < 1.29 is 37.6 Å². The van der Waals surface area contributed by atoms with Crippen molar-refractivity contribution in [2.75, 3.05) is 27.2 Å². The van der Waals surface area contributed by atoms with Crippen LogP contribution in [0.3, 0.4) is 0 Å². The first-order valence-corrected chi connectivity index (χ1v) is 12.0. The lowest BCUT2D eigenvalue weighted by Gasteiger charge is -2.36. The van der Waals surface area contributed by atoms with Crippen molar-refractivity contribution in [3.05, 3.63) is 11.5 Å². The van der Waals surface area contributed by atoms with E-state index in [1.54, 1.807) is 0 Å². The van der Waals surface area contributed by atoms with E-state index in [2.05, 4.69) is 5.32 Å². The van der Waals surface area contributed by atoms with E-state index in [1.165, 1.54) is 19.0 Å². The third-order valence-corrected chi connectivity index (χ3v) is 7.66. The third-order valence-electron chi connectivity index (χ3n) is 7.66. The molecule has 1 unspecified atom stereocenters. The number of likely N-dealkylation sites (tertiary alicyclic amines) is 1. The molecule has 2 fully saturated rings. The average molecular weight is 499 g/mol. The monoisotopic (exact) mass is 499 g/mol. The topological polar surface area (TPSA) is 108 Å². The zero-order valence-electron chi connectivity index (χ0n) is 21.3. The molecule has 3 atom stereocenters. The van der Waals surface area contributed by atoms with Gasteiger partial charge in [0.15, 0.2) is 0 Å². The second-order valence-corrected chi connectivity index (χ2v) is 11.0. The highest BCUT2D eigenvalue weighted by molar-refractivity contribution is 6.54. The van der Waals surface area contributed by atoms with Crippen LogP contribution in [0.2, 0.25) is 0 Å². The van der Waals surface area contributed by atoms with Gasteiger partial charge in [-0.2, -0.15) is 0 Å². The van der Waals surface area contributed by atoms with Crippen LogP contribution in [0.15, 0.2) is 11.5 Å². The van der Waals surface area contributed by atoms with Crippen molar-refractivity contribution in [2.24, 2.45) is 11.8 Å². The number of nitrogens with one attached hydrogen (secondary N) is 1. The molecule has 0 radical (unpaired) electrons. The van der Waals surface area contributed by atoms with E-state index < -0.39 is 67.1 Å². The molecule has 2 N–H and O–H groups in total. The number of amides is 3. The maximum Gasteiger partial charge on any atom is 0.490 e. The van der Waals surface area contributed by atoms with E-state index in [9.17, 15) is 28.3 Å². The van der Waals surface area contributed by atoms with Crippen LogP contribution in [0.4, 0.5) is 13.6 Å². The number of rotatable bonds is 6. The van der Waals surface area contributed by atoms with Gasteiger partial charge in [0.25, 0.3) is 5.92 Å². The van der Waals surface area contributed by atoms with E-state index in [0.29, 0.717) is 19.3 Å². The van der Waals surface area contributed by atoms with Gasteiger partial charge < -0.3 is 29.5 Å². The minimum absolute atomic E-state index is 0.191. The van der Waals surface area contributed by atoms with Crippen LogP contribution in [0.1, 0.15) is 53.4 Å². The summed E-state index contributed by atoms with van der Waals surface area (Å²) in [4.78, 5) is 40.3. The molecule has 3 amide bonds. The first kappa shape index (κ1) is 27.4. The predicted molar refractivity (Wildman–Crippen MR) is 125 cm³/mol. The van der Waals surface area contributed by atoms with Crippen molar-refractivity contribution in [3.8, 4) is 0 Å². The van der Waals surface area contributed by atoms with Crippen molar-refractivity contribution in [1.29, 1.82) is 0 Å². The lowest BCUT2D eigenvalue weighted by molar-refractivity contribution is -0.144. The Hall–Kier alpha value is -2.21. The summed E-state index contributed by atoms with van der Waals surface area (Å²) in [6.07, 6.45) is 1.36. The maximum absolute atomic E-state index is 13.8. The molecular formula is C23H36BF2N3O6. The quantitative estimate of drug-likeness (QED) is 0.544. The molecular weight excluding hydrogens is 463 g/mol. The summed E-state index contributed by atoms with van der Waals surface area (Å²) in [5, 5.41) is 11.6. The Labute approximate surface area is 205 Å². The molecule has 0 spiro atoms. The number of carboxylic acid groups (broad SMARTS) is 1. The standard InChI is InChI=1S/C23H36BF2N3O6/c1-21(2)22(3,4)35-24(34-21)15-9-7-14(8-10-15)16(18(30)28(5)6)17(27-20(32)33)19(31)29-12-11-23(25,26)13-29/h9,14,16-17,27H,7-8,10-13H2,1-6H3,(H,32,33)/t14?,16-,17-/m0/s1. The van der Waals surface area contributed by atoms with Crippen molar-refractivity contribution >= 4 is 25.0 Å². The Bertz CT molecular complexity index is 878. The SMILES string of the molecule is CN(C)C(=O)[C@@H](C1CC=C(B2OC(C)(C)C(C)(C)O2)CC1)[C@H](NC(=O)O)C(=O)N1CCC(F)(F)C1. The van der Waals surface area contributed by atoms with Crippen LogP contribution < -0.4 is 5.32 Å². The van der Waals surface area contributed by atoms with Gasteiger partial charge in [-0.1, -0.05) is 6.08 Å². The fourth-order valence-corrected chi connectivity index (χ4v) is 4.88. The summed E-state index contributed by atoms with van der Waals surface area (Å²) in [5.74, 6) is -5.68. The van der Waals surface area contributed by atoms with Crippen LogP contribution in [0, 0.1) is 11.8 Å². The zero-order chi connectivity index (χ0) is 26.3. The first-order chi connectivity index (χ1) is 16.0. The summed E-state index contributed by atoms with van der Waals surface area (Å²) in [5.41, 5.74) is -0.0666. The Morgan fingerprint density at radius 1 is 1.20 bits per heavy atom. The fraction of sp³-hybridized carbons (Fsp3) is 0.783. The van der Waals surface area contributed by atoms with Crippen molar-refractivity contribution in [2.45, 2.75) is 76.5 Å². The molecule has 12 heteroatoms. The van der Waals surface area contributed by atoms with Crippen molar-refractivity contribution in [3.63, 3.8) is 0 Å². The summed E-state index contributed by atoms with van der Waals surface area (Å²) < 4.78 is 39.8. The Morgan fingerprint density at radius 3 is 2.23 bits per heavy atom. The van der Waals surface area contributed by atoms with Crippen molar-refractivity contribution in [1.82, 2.24) is 15.1 Å². The highest BCUT2D eigenvalue weighted by Crippen LogP contribution is 2.42. The molecule has 1 aliphatic carbocycles. The molecule has 2 heterocycles. The number of hydrogen-bond acceptors (Lipinski definition) is 5. The van der Waals surface area contributed by atoms with E-state index in [4.69, 9.17) is 9.31 Å². The van der Waals surface area contributed by atoms with Crippen LogP contribution in [0.5, 0.6) is 0 Å². The normalized spacial score (nSPS) is 26.6. The van der Waals surface area contributed by atoms with Gasteiger partial charge in [0.1, 0.15) is 6.04 Å². The lowest BCUT2D eigenvalue weighted by Crippen LogP contribution is -2.57. The number of allylic oxidation sites excluding steroid dienone is 2. The Balaban J connectivity index is 1.84. The van der Waals surface area contributed by atoms with Gasteiger partial charge in [-0.15, -0.1) is 0 Å². The van der Waals surface area contributed by atoms with E-state index in [-0.39, 0.29) is 12.5 Å². The highest BCUT2D eigenvalue weighted by Gasteiger charge is 2.53. The van der Waals surface area contributed by atoms with Gasteiger partial charge in [0.05, 0.1) is 23.7 Å². The third kappa shape index (κ3) is 5.79. The molecule has 3 rings (SSSR count). The van der Waals surface area contributed by atoms with E-state index in [0.717, 1.165) is 10.4 Å². The first-order valence-electron chi connectivity index (χ1n) is 12.0. The molecule has 35 heavy (non-hydrogen) atoms. The van der Waals surface area contributed by atoms with Gasteiger partial charge in [-0.05, 0) is 58.3 Å². The van der Waals surface area contributed by atoms with E-state index in [1.807, 2.05) is 33.8 Å². The molecule has 0 saturated carbocycles. The second kappa shape index (κ2) is 9.69. The summed E-state index contributed by atoms with van der Waals surface area (Å²) in [6.45, 7) is 6.86. The predicted octanol–water partition coefficient (Wildman–Crippen LogP) is 2.55. The average Bonchev–Trinajstić information content (AvgIpc) is 3.21. The summed E-state index contributed by atoms with van der Waals surface area (Å²) in [6, 6.07) is -1.46. The van der Waals surface area contributed by atoms with Crippen LogP contribution in [0.25, 0.3) is 0 Å². The van der Waals surface area contributed by atoms with Gasteiger partial charge in [-0.25, -0.2) is 13.6 Å². The fourth-order valence-electron chi connectivity index (χ4n) is 4.88. The van der Waals surface area contributed by atoms with Gasteiger partial charge >= 0.3 is 13.2 Å². The van der Waals surface area contributed by atoms with E-state index >= 15 is 0 Å². The molecule has 0 aromatic heterocycles. The maximum atomic E-state index is 13.8. The number of alkyl halides is 2. The summed E-state index contributed by atoms with van der Waals surface area (Å²) in [7, 11) is 2.53. The van der Waals surface area contributed by atoms with Crippen LogP contribution in [-0.4, -0.2) is 90.3 Å². The van der Waals surface area contributed by atoms with Gasteiger partial charge in [-0.3, -0.25) is 9.59 Å². The smallest absolute Gasteiger partial charge is 0.465 e. The lowest BCUT2D eigenvalue weighted by atomic mass is 9.67. The molecule has 3 aliphatic rings. The second-order valence-electron chi connectivity index (χ2n) is 11.0. The summed E-state index contributed by atoms with van der Waals surface area (Å²) >= 11 is 0. The molecule has 0 aromatic carbocycles. The Morgan fingerprint density at radius 2 is 1.80 bits per heavy atom. The molecule has 9 nitrogen and oxygen atoms in total. The minimum Gasteiger partial charge on any atom is -0.465 e. The van der Waals surface area contributed by atoms with Gasteiger partial charge in [0.2, 0.25) is 11.8 Å². The number of nitrogens with zero attached hydrogens (tertiary/aromatic N) is 2. The zero-order valence-corrected chi connectivity index (χ0v) is 21.3. The number of halogens is 2. The number of carbonyl (C=O) groups excluding carboxylic acids is 2. The largest absolute Gasteiger partial charge is 0.490 e. The molecule has 196 valence electrons. The minimum atomic E-state index is -3.03. The number of hydrogen-bond donors (Lipinski definition) is 2. The molecule has 2 aliphatic heterocycles. The van der Waals surface area contributed by atoms with Gasteiger partial charge in [0, 0.05) is 27.1 Å². The molecule has 2 saturated heterocycles. The van der Waals surface area contributed by atoms with Crippen LogP contribution >= 0.6 is 0 Å². The number of carbonyl (C=O) groups is 3. The molecule has 0 aromatic rings. The Kier molecular flexibility index (Phi) is 7.58. The highest BCUT2D eigenvalue weighted by atomic mass is 19.3.